The summed E-state index contributed by atoms with van der Waals surface area (Å²) < 4.78 is 0. The molecule has 0 bridgehead atoms. The van der Waals surface area contributed by atoms with Crippen molar-refractivity contribution in [3.8, 4) is 0 Å². The molecular weight excluding hydrogens is 249 g/mol. The van der Waals surface area contributed by atoms with Crippen LogP contribution in [-0.2, 0) is 9.59 Å². The van der Waals surface area contributed by atoms with Crippen molar-refractivity contribution >= 4 is 12.2 Å². The molecule has 0 fully saturated rings. The predicted octanol–water partition coefficient (Wildman–Crippen LogP) is 0.729. The standard InChI is InChI=1S/C15H29NO2.Na.H/c1-2-3-4-5-6-7-8-9-10-12-15(18)16-13-11-14-17;;/h14H,2-13H2,1H3,(H,16,18);;/q;+1;-1. The van der Waals surface area contributed by atoms with Gasteiger partial charge in [0.25, 0.3) is 0 Å². The molecule has 0 aliphatic heterocycles. The van der Waals surface area contributed by atoms with E-state index in [2.05, 4.69) is 12.2 Å². The van der Waals surface area contributed by atoms with Crippen molar-refractivity contribution in [1.29, 1.82) is 0 Å². The number of hydrogen-bond acceptors (Lipinski definition) is 2. The molecule has 0 unspecified atom stereocenters. The van der Waals surface area contributed by atoms with Crippen LogP contribution < -0.4 is 34.9 Å². The molecule has 0 atom stereocenters. The van der Waals surface area contributed by atoms with Gasteiger partial charge < -0.3 is 11.5 Å². The van der Waals surface area contributed by atoms with Gasteiger partial charge in [-0.3, -0.25) is 4.79 Å². The largest absolute Gasteiger partial charge is 1.00 e. The number of carbonyl (C=O) groups is 2. The molecule has 108 valence electrons. The van der Waals surface area contributed by atoms with Crippen LogP contribution in [-0.4, -0.2) is 18.7 Å². The molecule has 0 aliphatic carbocycles. The predicted molar refractivity (Wildman–Crippen MR) is 76.6 cm³/mol. The van der Waals surface area contributed by atoms with E-state index in [0.717, 1.165) is 19.1 Å². The molecule has 3 nitrogen and oxygen atoms in total. The van der Waals surface area contributed by atoms with Gasteiger partial charge >= 0.3 is 29.6 Å². The Morgan fingerprint density at radius 1 is 1.00 bits per heavy atom. The normalized spacial score (nSPS) is 9.74. The van der Waals surface area contributed by atoms with Crippen molar-refractivity contribution in [2.24, 2.45) is 0 Å². The number of unbranched alkanes of at least 4 members (excludes halogenated alkanes) is 8. The summed E-state index contributed by atoms with van der Waals surface area (Å²) in [6.45, 7) is 2.72. The molecule has 19 heavy (non-hydrogen) atoms. The van der Waals surface area contributed by atoms with Gasteiger partial charge in [0, 0.05) is 19.4 Å². The molecule has 0 saturated heterocycles. The summed E-state index contributed by atoms with van der Waals surface area (Å²) in [4.78, 5) is 21.4. The molecule has 0 spiro atoms. The number of amides is 1. The zero-order chi connectivity index (χ0) is 13.5. The van der Waals surface area contributed by atoms with E-state index in [4.69, 9.17) is 0 Å². The molecule has 0 heterocycles. The maximum Gasteiger partial charge on any atom is 1.00 e. The summed E-state index contributed by atoms with van der Waals surface area (Å²) in [7, 11) is 0. The Morgan fingerprint density at radius 3 is 2.05 bits per heavy atom. The third-order valence-corrected chi connectivity index (χ3v) is 3.09. The van der Waals surface area contributed by atoms with Crippen LogP contribution in [0.2, 0.25) is 0 Å². The Balaban J connectivity index is -0.00000144. The average molecular weight is 279 g/mol. The third-order valence-electron chi connectivity index (χ3n) is 3.09. The fourth-order valence-corrected chi connectivity index (χ4v) is 1.96. The van der Waals surface area contributed by atoms with Crippen LogP contribution in [0.5, 0.6) is 0 Å². The number of rotatable bonds is 13. The Morgan fingerprint density at radius 2 is 1.53 bits per heavy atom. The monoisotopic (exact) mass is 279 g/mol. The zero-order valence-electron chi connectivity index (χ0n) is 13.9. The Bertz CT molecular complexity index is 216. The second-order valence-corrected chi connectivity index (χ2v) is 4.88. The summed E-state index contributed by atoms with van der Waals surface area (Å²) in [6, 6.07) is 0. The first-order chi connectivity index (χ1) is 8.81. The van der Waals surface area contributed by atoms with Crippen LogP contribution in [0, 0.1) is 0 Å². The van der Waals surface area contributed by atoms with E-state index in [0.29, 0.717) is 19.4 Å². The third kappa shape index (κ3) is 18.1. The van der Waals surface area contributed by atoms with Crippen LogP contribution in [0.1, 0.15) is 79.0 Å². The second-order valence-electron chi connectivity index (χ2n) is 4.88. The minimum atomic E-state index is 0. The van der Waals surface area contributed by atoms with Crippen LogP contribution >= 0.6 is 0 Å². The number of nitrogens with one attached hydrogen (secondary N) is 1. The van der Waals surface area contributed by atoms with Crippen LogP contribution in [0.15, 0.2) is 0 Å². The van der Waals surface area contributed by atoms with E-state index in [-0.39, 0.29) is 36.9 Å². The second kappa shape index (κ2) is 18.1. The molecule has 0 aromatic heterocycles. The molecule has 0 rings (SSSR count). The molecule has 1 amide bonds. The van der Waals surface area contributed by atoms with Gasteiger partial charge in [0.2, 0.25) is 5.91 Å². The molecule has 0 aromatic carbocycles. The van der Waals surface area contributed by atoms with Crippen LogP contribution in [0.3, 0.4) is 0 Å². The van der Waals surface area contributed by atoms with Gasteiger partial charge in [-0.15, -0.1) is 0 Å². The Hall–Kier alpha value is 0.140. The van der Waals surface area contributed by atoms with Crippen molar-refractivity contribution < 1.29 is 40.6 Å². The van der Waals surface area contributed by atoms with E-state index in [1.54, 1.807) is 0 Å². The van der Waals surface area contributed by atoms with Gasteiger partial charge in [-0.1, -0.05) is 58.3 Å². The summed E-state index contributed by atoms with van der Waals surface area (Å²) in [5.41, 5.74) is 0. The topological polar surface area (TPSA) is 46.2 Å². The minimum Gasteiger partial charge on any atom is -1.00 e. The van der Waals surface area contributed by atoms with E-state index in [9.17, 15) is 9.59 Å². The molecule has 0 aliphatic rings. The van der Waals surface area contributed by atoms with Gasteiger partial charge in [-0.2, -0.15) is 0 Å². The summed E-state index contributed by atoms with van der Waals surface area (Å²) in [6.07, 6.45) is 13.3. The summed E-state index contributed by atoms with van der Waals surface area (Å²) >= 11 is 0. The number of carbonyl (C=O) groups excluding carboxylic acids is 2. The first-order valence-corrected chi connectivity index (χ1v) is 7.51. The van der Waals surface area contributed by atoms with Crippen molar-refractivity contribution in [2.45, 2.75) is 77.6 Å². The fraction of sp³-hybridized carbons (Fsp3) is 0.867. The summed E-state index contributed by atoms with van der Waals surface area (Å²) in [5, 5.41) is 2.74. The van der Waals surface area contributed by atoms with Crippen molar-refractivity contribution in [1.82, 2.24) is 5.32 Å². The SMILES string of the molecule is CCCCCCCCCCCC(=O)NCCC=O.[H-].[Na+]. The maximum absolute atomic E-state index is 11.3. The van der Waals surface area contributed by atoms with Gasteiger partial charge in [-0.05, 0) is 6.42 Å². The van der Waals surface area contributed by atoms with Gasteiger partial charge in [0.05, 0.1) is 0 Å². The molecule has 1 N–H and O–H groups in total. The van der Waals surface area contributed by atoms with E-state index in [1.165, 1.54) is 44.9 Å². The molecule has 4 heteroatoms. The first kappa shape index (κ1) is 21.4. The van der Waals surface area contributed by atoms with E-state index < -0.39 is 0 Å². The minimum absolute atomic E-state index is 0. The fourth-order valence-electron chi connectivity index (χ4n) is 1.96. The first-order valence-electron chi connectivity index (χ1n) is 7.51. The van der Waals surface area contributed by atoms with Crippen molar-refractivity contribution in [3.05, 3.63) is 0 Å². The summed E-state index contributed by atoms with van der Waals surface area (Å²) in [5.74, 6) is 0.0831. The molecule has 0 aromatic rings. The molecule has 0 radical (unpaired) electrons. The molecule has 0 saturated carbocycles. The Labute approximate surface area is 142 Å². The number of hydrogen-bond donors (Lipinski definition) is 1. The van der Waals surface area contributed by atoms with Gasteiger partial charge in [0.15, 0.2) is 0 Å². The smallest absolute Gasteiger partial charge is 1.00 e. The molecular formula is C15H30NNaO2. The Kier molecular flexibility index (Phi) is 20.5. The van der Waals surface area contributed by atoms with E-state index >= 15 is 0 Å². The van der Waals surface area contributed by atoms with Crippen molar-refractivity contribution in [3.63, 3.8) is 0 Å². The van der Waals surface area contributed by atoms with E-state index in [1.807, 2.05) is 0 Å². The van der Waals surface area contributed by atoms with Gasteiger partial charge in [-0.25, -0.2) is 0 Å². The number of aldehydes is 1. The van der Waals surface area contributed by atoms with Crippen molar-refractivity contribution in [2.75, 3.05) is 6.54 Å². The quantitative estimate of drug-likeness (QED) is 0.307. The maximum atomic E-state index is 11.3. The van der Waals surface area contributed by atoms with Crippen LogP contribution in [0.4, 0.5) is 0 Å². The van der Waals surface area contributed by atoms with Crippen LogP contribution in [0.25, 0.3) is 0 Å². The zero-order valence-corrected chi connectivity index (χ0v) is 14.9. The van der Waals surface area contributed by atoms with Gasteiger partial charge in [0.1, 0.15) is 6.29 Å². The average Bonchev–Trinajstić information content (AvgIpc) is 2.37.